The predicted octanol–water partition coefficient (Wildman–Crippen LogP) is 4.35. The molecule has 0 spiro atoms. The maximum absolute atomic E-state index is 13.3. The lowest BCUT2D eigenvalue weighted by Crippen LogP contribution is -2.62. The molecule has 3 heterocycles. The number of carbonyl (C=O) groups excluding carboxylic acids is 2. The second-order valence-corrected chi connectivity index (χ2v) is 10.4. The van der Waals surface area contributed by atoms with Gasteiger partial charge in [-0.2, -0.15) is 0 Å². The van der Waals surface area contributed by atoms with E-state index in [2.05, 4.69) is 10.1 Å². The van der Waals surface area contributed by atoms with Crippen molar-refractivity contribution in [3.05, 3.63) is 71.0 Å². The van der Waals surface area contributed by atoms with Crippen molar-refractivity contribution in [2.45, 2.75) is 51.0 Å². The molecule has 2 amide bonds. The molecule has 0 unspecified atom stereocenters. The maximum atomic E-state index is 13.3. The van der Waals surface area contributed by atoms with Crippen LogP contribution in [0.4, 0.5) is 0 Å². The molecule has 0 bridgehead atoms. The van der Waals surface area contributed by atoms with Crippen LogP contribution in [0.5, 0.6) is 0 Å². The highest BCUT2D eigenvalue weighted by Crippen LogP contribution is 2.33. The van der Waals surface area contributed by atoms with Gasteiger partial charge in [0.1, 0.15) is 12.0 Å². The van der Waals surface area contributed by atoms with Crippen LogP contribution >= 0.6 is 11.6 Å². The van der Waals surface area contributed by atoms with Crippen LogP contribution in [0.15, 0.2) is 48.8 Å². The van der Waals surface area contributed by atoms with Crippen LogP contribution in [0.1, 0.15) is 72.3 Å². The fourth-order valence-corrected chi connectivity index (χ4v) is 5.30. The summed E-state index contributed by atoms with van der Waals surface area (Å²) in [5.41, 5.74) is 1.64. The number of nitrogens with zero attached hydrogens (tertiary/aromatic N) is 6. The minimum absolute atomic E-state index is 0.0895. The molecule has 0 atom stereocenters. The third-order valence-electron chi connectivity index (χ3n) is 6.95. The van der Waals surface area contributed by atoms with Gasteiger partial charge in [0.2, 0.25) is 5.82 Å². The van der Waals surface area contributed by atoms with E-state index in [1.54, 1.807) is 28.0 Å². The SMILES string of the molecule is CC1(C)CN(C(=O)c2cccc(C3CCCC3)n2)CCN1C(=O)c1ncn(-c2cccc(Cl)c2)n1. The fourth-order valence-electron chi connectivity index (χ4n) is 5.11. The first-order chi connectivity index (χ1) is 16.8. The Morgan fingerprint density at radius 3 is 2.54 bits per heavy atom. The van der Waals surface area contributed by atoms with Crippen molar-refractivity contribution < 1.29 is 9.59 Å². The highest BCUT2D eigenvalue weighted by Gasteiger charge is 2.40. The molecule has 1 aliphatic heterocycles. The van der Waals surface area contributed by atoms with Crippen molar-refractivity contribution >= 4 is 23.4 Å². The Hall–Kier alpha value is -3.26. The summed E-state index contributed by atoms with van der Waals surface area (Å²) < 4.78 is 1.54. The smallest absolute Gasteiger partial charge is 0.294 e. The molecular formula is C26H29ClN6O2. The van der Waals surface area contributed by atoms with Gasteiger partial charge in [0, 0.05) is 36.3 Å². The van der Waals surface area contributed by atoms with E-state index in [1.807, 2.05) is 38.1 Å². The van der Waals surface area contributed by atoms with Crippen molar-refractivity contribution in [1.29, 1.82) is 0 Å². The Kier molecular flexibility index (Phi) is 6.32. The van der Waals surface area contributed by atoms with E-state index >= 15 is 0 Å². The zero-order chi connectivity index (χ0) is 24.6. The van der Waals surface area contributed by atoms with Crippen molar-refractivity contribution in [2.75, 3.05) is 19.6 Å². The number of benzene rings is 1. The van der Waals surface area contributed by atoms with Gasteiger partial charge in [-0.05, 0) is 57.0 Å². The molecular weight excluding hydrogens is 464 g/mol. The number of hydrogen-bond acceptors (Lipinski definition) is 5. The lowest BCUT2D eigenvalue weighted by Gasteiger charge is -2.46. The maximum Gasteiger partial charge on any atom is 0.294 e. The first-order valence-electron chi connectivity index (χ1n) is 12.1. The monoisotopic (exact) mass is 492 g/mol. The third-order valence-corrected chi connectivity index (χ3v) is 7.19. The number of aromatic nitrogens is 4. The molecule has 1 saturated carbocycles. The van der Waals surface area contributed by atoms with Crippen LogP contribution in [0.25, 0.3) is 5.69 Å². The third kappa shape index (κ3) is 4.80. The fraction of sp³-hybridized carbons (Fsp3) is 0.423. The summed E-state index contributed by atoms with van der Waals surface area (Å²) in [4.78, 5) is 39.1. The van der Waals surface area contributed by atoms with E-state index in [0.29, 0.717) is 36.3 Å². The molecule has 8 nitrogen and oxygen atoms in total. The molecule has 0 radical (unpaired) electrons. The second kappa shape index (κ2) is 9.41. The van der Waals surface area contributed by atoms with Gasteiger partial charge in [-0.3, -0.25) is 9.59 Å². The zero-order valence-corrected chi connectivity index (χ0v) is 20.8. The van der Waals surface area contributed by atoms with Crippen LogP contribution in [0.2, 0.25) is 5.02 Å². The van der Waals surface area contributed by atoms with Crippen LogP contribution < -0.4 is 0 Å². The van der Waals surface area contributed by atoms with Crippen LogP contribution in [-0.2, 0) is 0 Å². The van der Waals surface area contributed by atoms with Crippen LogP contribution in [0, 0.1) is 0 Å². The van der Waals surface area contributed by atoms with Crippen molar-refractivity contribution in [2.24, 2.45) is 0 Å². The molecule has 1 aliphatic carbocycles. The van der Waals surface area contributed by atoms with E-state index in [0.717, 1.165) is 24.2 Å². The molecule has 182 valence electrons. The number of halogens is 1. The van der Waals surface area contributed by atoms with E-state index < -0.39 is 5.54 Å². The van der Waals surface area contributed by atoms with Crippen molar-refractivity contribution in [1.82, 2.24) is 29.5 Å². The molecule has 9 heteroatoms. The van der Waals surface area contributed by atoms with Crippen LogP contribution in [0.3, 0.4) is 0 Å². The van der Waals surface area contributed by atoms with E-state index in [-0.39, 0.29) is 17.6 Å². The lowest BCUT2D eigenvalue weighted by molar-refractivity contribution is 0.0158. The molecule has 2 aromatic heterocycles. The second-order valence-electron chi connectivity index (χ2n) is 9.92. The number of amides is 2. The average Bonchev–Trinajstić information content (AvgIpc) is 3.55. The summed E-state index contributed by atoms with van der Waals surface area (Å²) in [6, 6.07) is 12.9. The molecule has 5 rings (SSSR count). The Labute approximate surface area is 209 Å². The summed E-state index contributed by atoms with van der Waals surface area (Å²) in [7, 11) is 0. The summed E-state index contributed by atoms with van der Waals surface area (Å²) in [5, 5.41) is 4.96. The molecule has 3 aromatic rings. The molecule has 1 saturated heterocycles. The summed E-state index contributed by atoms with van der Waals surface area (Å²) in [6.45, 7) is 5.15. The predicted molar refractivity (Wildman–Crippen MR) is 133 cm³/mol. The van der Waals surface area contributed by atoms with E-state index in [1.165, 1.54) is 23.9 Å². The van der Waals surface area contributed by atoms with Crippen molar-refractivity contribution in [3.63, 3.8) is 0 Å². The van der Waals surface area contributed by atoms with Gasteiger partial charge >= 0.3 is 0 Å². The van der Waals surface area contributed by atoms with Crippen LogP contribution in [-0.4, -0.2) is 66.5 Å². The number of piperazine rings is 1. The number of pyridine rings is 1. The summed E-state index contributed by atoms with van der Waals surface area (Å²) in [5.74, 6) is 0.217. The van der Waals surface area contributed by atoms with Gasteiger partial charge in [-0.15, -0.1) is 5.10 Å². The van der Waals surface area contributed by atoms with Gasteiger partial charge < -0.3 is 9.80 Å². The molecule has 2 aliphatic rings. The Morgan fingerprint density at radius 2 is 1.80 bits per heavy atom. The molecule has 1 aromatic carbocycles. The zero-order valence-electron chi connectivity index (χ0n) is 20.0. The van der Waals surface area contributed by atoms with E-state index in [9.17, 15) is 9.59 Å². The Morgan fingerprint density at radius 1 is 1.03 bits per heavy atom. The lowest BCUT2D eigenvalue weighted by atomic mass is 9.98. The van der Waals surface area contributed by atoms with Crippen molar-refractivity contribution in [3.8, 4) is 5.69 Å². The Bertz CT molecular complexity index is 1250. The average molecular weight is 493 g/mol. The minimum Gasteiger partial charge on any atom is -0.333 e. The van der Waals surface area contributed by atoms with Gasteiger partial charge in [0.15, 0.2) is 0 Å². The summed E-state index contributed by atoms with van der Waals surface area (Å²) >= 11 is 6.07. The first-order valence-corrected chi connectivity index (χ1v) is 12.5. The van der Waals surface area contributed by atoms with Gasteiger partial charge in [-0.25, -0.2) is 14.6 Å². The first kappa shape index (κ1) is 23.5. The normalized spacial score (nSPS) is 18.1. The number of carbonyl (C=O) groups is 2. The highest BCUT2D eigenvalue weighted by atomic mass is 35.5. The van der Waals surface area contributed by atoms with Gasteiger partial charge in [-0.1, -0.05) is 36.6 Å². The summed E-state index contributed by atoms with van der Waals surface area (Å²) in [6.07, 6.45) is 6.23. The molecule has 35 heavy (non-hydrogen) atoms. The van der Waals surface area contributed by atoms with Gasteiger partial charge in [0.05, 0.1) is 11.2 Å². The topological polar surface area (TPSA) is 84.2 Å². The van der Waals surface area contributed by atoms with E-state index in [4.69, 9.17) is 16.6 Å². The number of rotatable bonds is 4. The largest absolute Gasteiger partial charge is 0.333 e. The standard InChI is InChI=1S/C26H29ClN6O2/c1-26(2)16-31(24(34)22-12-6-11-21(29-22)18-7-3-4-8-18)13-14-32(26)25(35)23-28-17-33(30-23)20-10-5-9-19(27)15-20/h5-6,9-12,15,17-18H,3-4,7-8,13-14,16H2,1-2H3. The Balaban J connectivity index is 1.29. The quantitative estimate of drug-likeness (QED) is 0.540. The molecule has 0 N–H and O–H groups in total. The highest BCUT2D eigenvalue weighted by molar-refractivity contribution is 6.30. The minimum atomic E-state index is -0.588. The van der Waals surface area contributed by atoms with Gasteiger partial charge in [0.25, 0.3) is 11.8 Å². The number of hydrogen-bond donors (Lipinski definition) is 0. The molecule has 2 fully saturated rings.